The first-order valence-electron chi connectivity index (χ1n) is 11.5. The Kier molecular flexibility index (Phi) is 7.89. The summed E-state index contributed by atoms with van der Waals surface area (Å²) in [5.41, 5.74) is 9.15. The zero-order chi connectivity index (χ0) is 25.5. The van der Waals surface area contributed by atoms with Crippen molar-refractivity contribution < 1.29 is 13.3 Å². The van der Waals surface area contributed by atoms with Crippen LogP contribution in [0.3, 0.4) is 0 Å². The maximum atomic E-state index is 13.2. The number of nitro benzene ring substituents is 1. The third kappa shape index (κ3) is 6.22. The van der Waals surface area contributed by atoms with Crippen LogP contribution in [0.2, 0.25) is 0 Å². The Morgan fingerprint density at radius 1 is 0.917 bits per heavy atom. The fourth-order valence-electron chi connectivity index (χ4n) is 3.92. The van der Waals surface area contributed by atoms with Gasteiger partial charge in [0.05, 0.1) is 9.82 Å². The molecule has 3 aromatic carbocycles. The van der Waals surface area contributed by atoms with Crippen LogP contribution in [-0.2, 0) is 16.4 Å². The molecule has 0 aliphatic heterocycles. The van der Waals surface area contributed by atoms with Crippen molar-refractivity contribution in [2.24, 2.45) is 0 Å². The molecule has 0 radical (unpaired) electrons. The van der Waals surface area contributed by atoms with E-state index in [0.717, 1.165) is 34.9 Å². The van der Waals surface area contributed by atoms with Crippen LogP contribution in [0, 0.1) is 10.1 Å². The third-order valence-electron chi connectivity index (χ3n) is 5.81. The van der Waals surface area contributed by atoms with Gasteiger partial charge in [-0.05, 0) is 66.4 Å². The summed E-state index contributed by atoms with van der Waals surface area (Å²) in [4.78, 5) is 14.7. The number of nitrogens with zero attached hydrogens (tertiary/aromatic N) is 2. The molecule has 36 heavy (non-hydrogen) atoms. The molecule has 0 fully saturated rings. The number of hydrogen-bond acceptors (Lipinski definition) is 7. The average molecular weight is 506 g/mol. The standard InChI is InChI=1S/C26H27N5O4S/c27-23-7-5-20(6-8-23)21-16-22-18-29-13-11-25(22)26(17-21)36(34,35)30-15-14-28-12-1-2-19-3-9-24(10-4-19)31(32)33/h3-11,13,16-18,28,30H,1-2,12,14-15,27H2. The summed E-state index contributed by atoms with van der Waals surface area (Å²) in [6, 6.07) is 19.1. The fourth-order valence-corrected chi connectivity index (χ4v) is 5.20. The van der Waals surface area contributed by atoms with Crippen LogP contribution in [0.25, 0.3) is 21.9 Å². The van der Waals surface area contributed by atoms with E-state index in [1.165, 1.54) is 12.1 Å². The Bertz CT molecular complexity index is 1460. The highest BCUT2D eigenvalue weighted by molar-refractivity contribution is 7.89. The van der Waals surface area contributed by atoms with Gasteiger partial charge in [-0.25, -0.2) is 13.1 Å². The van der Waals surface area contributed by atoms with E-state index >= 15 is 0 Å². The molecule has 0 aliphatic rings. The van der Waals surface area contributed by atoms with Gasteiger partial charge in [0.2, 0.25) is 10.0 Å². The Hall–Kier alpha value is -3.86. The number of aromatic nitrogens is 1. The minimum Gasteiger partial charge on any atom is -0.399 e. The summed E-state index contributed by atoms with van der Waals surface area (Å²) in [5, 5.41) is 15.3. The topological polar surface area (TPSA) is 140 Å². The predicted octanol–water partition coefficient (Wildman–Crippen LogP) is 3.89. The van der Waals surface area contributed by atoms with Gasteiger partial charge in [-0.1, -0.05) is 24.3 Å². The maximum Gasteiger partial charge on any atom is 0.269 e. The highest BCUT2D eigenvalue weighted by Crippen LogP contribution is 2.30. The Labute approximate surface area is 209 Å². The van der Waals surface area contributed by atoms with Crippen LogP contribution in [-0.4, -0.2) is 38.0 Å². The Morgan fingerprint density at radius 2 is 1.67 bits per heavy atom. The van der Waals surface area contributed by atoms with Crippen molar-refractivity contribution in [3.8, 4) is 11.1 Å². The lowest BCUT2D eigenvalue weighted by Crippen LogP contribution is -2.32. The normalized spacial score (nSPS) is 11.6. The number of nitrogen functional groups attached to an aromatic ring is 1. The Balaban J connectivity index is 1.35. The summed E-state index contributed by atoms with van der Waals surface area (Å²) in [6.45, 7) is 1.40. The molecule has 10 heteroatoms. The molecule has 0 amide bonds. The molecule has 186 valence electrons. The van der Waals surface area contributed by atoms with Gasteiger partial charge in [-0.3, -0.25) is 15.1 Å². The molecule has 0 bridgehead atoms. The van der Waals surface area contributed by atoms with Crippen molar-refractivity contribution >= 4 is 32.2 Å². The van der Waals surface area contributed by atoms with Crippen LogP contribution in [0.1, 0.15) is 12.0 Å². The number of anilines is 1. The van der Waals surface area contributed by atoms with Crippen molar-refractivity contribution in [3.05, 3.63) is 94.8 Å². The summed E-state index contributed by atoms with van der Waals surface area (Å²) in [6.07, 6.45) is 4.83. The quantitative estimate of drug-likeness (QED) is 0.122. The average Bonchev–Trinajstić information content (AvgIpc) is 2.88. The van der Waals surface area contributed by atoms with Crippen molar-refractivity contribution in [2.45, 2.75) is 17.7 Å². The zero-order valence-corrected chi connectivity index (χ0v) is 20.4. The SMILES string of the molecule is Nc1ccc(-c2cc(S(=O)(=O)NCCNCCCc3ccc([N+](=O)[O-])cc3)c3ccncc3c2)cc1. The number of nitrogens with one attached hydrogen (secondary N) is 2. The van der Waals surface area contributed by atoms with E-state index in [0.29, 0.717) is 24.2 Å². The van der Waals surface area contributed by atoms with Gasteiger partial charge in [0.15, 0.2) is 0 Å². The molecule has 0 atom stereocenters. The van der Waals surface area contributed by atoms with Crippen LogP contribution in [0.15, 0.2) is 84.0 Å². The van der Waals surface area contributed by atoms with Crippen molar-refractivity contribution in [3.63, 3.8) is 0 Å². The third-order valence-corrected chi connectivity index (χ3v) is 7.31. The van der Waals surface area contributed by atoms with E-state index in [9.17, 15) is 18.5 Å². The second-order valence-electron chi connectivity index (χ2n) is 8.37. The monoisotopic (exact) mass is 505 g/mol. The largest absolute Gasteiger partial charge is 0.399 e. The number of pyridine rings is 1. The molecule has 1 heterocycles. The first kappa shape index (κ1) is 25.2. The maximum absolute atomic E-state index is 13.2. The Morgan fingerprint density at radius 3 is 2.39 bits per heavy atom. The van der Waals surface area contributed by atoms with Gasteiger partial charge >= 0.3 is 0 Å². The summed E-state index contributed by atoms with van der Waals surface area (Å²) in [5.74, 6) is 0. The number of aryl methyl sites for hydroxylation is 1. The van der Waals surface area contributed by atoms with Gasteiger partial charge in [0.1, 0.15) is 0 Å². The molecule has 0 aliphatic carbocycles. The molecule has 1 aromatic heterocycles. The fraction of sp³-hybridized carbons (Fsp3) is 0.192. The van der Waals surface area contributed by atoms with E-state index < -0.39 is 14.9 Å². The van der Waals surface area contributed by atoms with Crippen molar-refractivity contribution in [2.75, 3.05) is 25.4 Å². The highest BCUT2D eigenvalue weighted by Gasteiger charge is 2.19. The summed E-state index contributed by atoms with van der Waals surface area (Å²) < 4.78 is 29.1. The minimum absolute atomic E-state index is 0.0761. The number of non-ortho nitro benzene ring substituents is 1. The lowest BCUT2D eigenvalue weighted by molar-refractivity contribution is -0.384. The molecule has 0 unspecified atom stereocenters. The van der Waals surface area contributed by atoms with Gasteiger partial charge in [-0.15, -0.1) is 0 Å². The van der Waals surface area contributed by atoms with Crippen molar-refractivity contribution in [1.82, 2.24) is 15.0 Å². The van der Waals surface area contributed by atoms with Gasteiger partial charge < -0.3 is 11.1 Å². The molecule has 4 aromatic rings. The van der Waals surface area contributed by atoms with Crippen LogP contribution in [0.5, 0.6) is 0 Å². The summed E-state index contributed by atoms with van der Waals surface area (Å²) in [7, 11) is -3.77. The smallest absolute Gasteiger partial charge is 0.269 e. The van der Waals surface area contributed by atoms with Crippen LogP contribution < -0.4 is 15.8 Å². The van der Waals surface area contributed by atoms with E-state index in [1.54, 1.807) is 48.8 Å². The number of nitro groups is 1. The van der Waals surface area contributed by atoms with E-state index in [-0.39, 0.29) is 17.1 Å². The van der Waals surface area contributed by atoms with Crippen LogP contribution in [0.4, 0.5) is 11.4 Å². The lowest BCUT2D eigenvalue weighted by Gasteiger charge is -2.13. The molecule has 0 saturated heterocycles. The number of sulfonamides is 1. The van der Waals surface area contributed by atoms with E-state index in [1.807, 2.05) is 18.2 Å². The molecule has 4 rings (SSSR count). The van der Waals surface area contributed by atoms with E-state index in [2.05, 4.69) is 15.0 Å². The molecular weight excluding hydrogens is 478 g/mol. The van der Waals surface area contributed by atoms with Gasteiger partial charge in [-0.2, -0.15) is 0 Å². The van der Waals surface area contributed by atoms with Gasteiger partial charge in [0.25, 0.3) is 5.69 Å². The number of hydrogen-bond donors (Lipinski definition) is 3. The molecule has 0 spiro atoms. The first-order chi connectivity index (χ1) is 17.3. The number of fused-ring (bicyclic) bond motifs is 1. The van der Waals surface area contributed by atoms with E-state index in [4.69, 9.17) is 5.73 Å². The first-order valence-corrected chi connectivity index (χ1v) is 13.0. The molecule has 9 nitrogen and oxygen atoms in total. The van der Waals surface area contributed by atoms with Crippen LogP contribution >= 0.6 is 0 Å². The van der Waals surface area contributed by atoms with Crippen molar-refractivity contribution in [1.29, 1.82) is 0 Å². The highest BCUT2D eigenvalue weighted by atomic mass is 32.2. The number of benzene rings is 3. The second-order valence-corrected chi connectivity index (χ2v) is 10.1. The second kappa shape index (κ2) is 11.3. The van der Waals surface area contributed by atoms with Gasteiger partial charge in [0, 0.05) is 54.1 Å². The molecule has 0 saturated carbocycles. The number of rotatable bonds is 11. The molecular formula is C26H27N5O4S. The minimum atomic E-state index is -3.77. The lowest BCUT2D eigenvalue weighted by atomic mass is 10.0. The zero-order valence-electron chi connectivity index (χ0n) is 19.6. The predicted molar refractivity (Wildman–Crippen MR) is 141 cm³/mol. The summed E-state index contributed by atoms with van der Waals surface area (Å²) >= 11 is 0. The molecule has 4 N–H and O–H groups in total. The number of nitrogens with two attached hydrogens (primary N) is 1.